The first-order valence-electron chi connectivity index (χ1n) is 32.7. The number of rotatable bonds is 16. The second-order valence-corrected chi connectivity index (χ2v) is 31.2. The Hall–Kier alpha value is -6.24. The first-order valence-corrected chi connectivity index (χ1v) is 32.7. The van der Waals surface area contributed by atoms with E-state index in [9.17, 15) is 0 Å². The summed E-state index contributed by atoms with van der Waals surface area (Å²) in [5, 5.41) is 52.2. The Bertz CT molecular complexity index is 6740. The minimum absolute atomic E-state index is 0. The summed E-state index contributed by atoms with van der Waals surface area (Å²) in [4.78, 5) is 6.01. The van der Waals surface area contributed by atoms with Gasteiger partial charge >= 0.3 is 0 Å². The number of nitrogens with two attached hydrogens (primary N) is 2. The van der Waals surface area contributed by atoms with Crippen molar-refractivity contribution in [3.63, 3.8) is 0 Å². The summed E-state index contributed by atoms with van der Waals surface area (Å²) < 4.78 is 25.1. The van der Waals surface area contributed by atoms with Gasteiger partial charge in [0.25, 0.3) is 0 Å². The number of ether oxygens (including phenoxy) is 4. The van der Waals surface area contributed by atoms with Gasteiger partial charge in [-0.2, -0.15) is 0 Å². The molecule has 10 unspecified atom stereocenters. The Balaban J connectivity index is 0.00000210. The number of halogens is 2. The van der Waals surface area contributed by atoms with Crippen molar-refractivity contribution in [3.05, 3.63) is 88.3 Å². The molecule has 18 aliphatic rings. The van der Waals surface area contributed by atoms with Gasteiger partial charge in [-0.05, 0) is 273 Å². The first-order chi connectivity index (χ1) is 41.8. The average Bonchev–Trinajstić information content (AvgIpc) is 1.38. The molecule has 0 saturated carbocycles. The number of likely N-dealkylation sites (tertiary alicyclic amines) is 2. The molecule has 0 aromatic heterocycles. The monoisotopic (exact) mass is 1150 g/mol. The van der Waals surface area contributed by atoms with Crippen molar-refractivity contribution in [2.75, 3.05) is 105 Å². The molecule has 2 saturated heterocycles. The zero-order valence-electron chi connectivity index (χ0n) is 46.3. The molecule has 2 aliphatic heterocycles. The fourth-order valence-corrected chi connectivity index (χ4v) is 30.7. The van der Waals surface area contributed by atoms with E-state index in [2.05, 4.69) is 9.80 Å². The van der Waals surface area contributed by atoms with E-state index in [1.165, 1.54) is 0 Å². The fraction of sp³-hybridized carbons (Fsp3) is 0.342. The van der Waals surface area contributed by atoms with E-state index in [4.69, 9.17) is 30.4 Å². The van der Waals surface area contributed by atoms with Crippen molar-refractivity contribution in [2.45, 2.75) is 57.2 Å². The lowest BCUT2D eigenvalue weighted by molar-refractivity contribution is 0.0428. The first kappa shape index (κ1) is 41.1. The molecular formula is C76H44Cl2N4O4. The van der Waals surface area contributed by atoms with Gasteiger partial charge in [-0.1, -0.05) is 0 Å². The minimum Gasteiger partial charge on any atom is -0.378 e. The molecule has 4 spiro atoms. The SMILES string of the molecule is Cl.Cl.NCCOCCOCCN1CC23C4=c5c6c7c8c9c%10c%11c%12c%13c%14c%15c%16c%17c%18c%19c%20c%21c%22c(c2c%20c2c%20c%23c%24c(c5c7c5c9c7c%11c(c%12%16)c9c%17c(c%192)c%23c9c7c%245)C%203C1)C4C1C=6C2c3c1c-%22c(c-%14c3C%13C%10C82)C%211CN(CCOCCOCCN)CC%15%181. The van der Waals surface area contributed by atoms with Crippen molar-refractivity contribution >= 4 is 187 Å². The molecule has 8 nitrogen and oxygen atoms in total. The Morgan fingerprint density at radius 1 is 0.302 bits per heavy atom. The second kappa shape index (κ2) is 10.6. The maximum Gasteiger partial charge on any atom is 0.0701 e. The largest absolute Gasteiger partial charge is 0.378 e. The number of hydrogen-bond acceptors (Lipinski definition) is 8. The van der Waals surface area contributed by atoms with Gasteiger partial charge in [0.1, 0.15) is 0 Å². The highest BCUT2D eigenvalue weighted by molar-refractivity contribution is 6.69. The zero-order chi connectivity index (χ0) is 51.6. The molecule has 16 aromatic rings. The van der Waals surface area contributed by atoms with Crippen LogP contribution in [0.4, 0.5) is 0 Å². The van der Waals surface area contributed by atoms with E-state index < -0.39 is 0 Å². The second-order valence-electron chi connectivity index (χ2n) is 31.2. The van der Waals surface area contributed by atoms with Gasteiger partial charge in [-0.25, -0.2) is 0 Å². The summed E-state index contributed by atoms with van der Waals surface area (Å²) in [6, 6.07) is 0. The van der Waals surface area contributed by atoms with Crippen molar-refractivity contribution in [1.82, 2.24) is 9.80 Å². The summed E-state index contributed by atoms with van der Waals surface area (Å²) in [6.45, 7) is 12.4. The lowest BCUT2D eigenvalue weighted by Gasteiger charge is -2.51. The van der Waals surface area contributed by atoms with E-state index in [0.717, 1.165) is 52.5 Å². The van der Waals surface area contributed by atoms with Crippen LogP contribution in [0.5, 0.6) is 0 Å². The van der Waals surface area contributed by atoms with Gasteiger partial charge in [0.2, 0.25) is 0 Å². The number of nitrogens with zero attached hydrogens (tertiary/aromatic N) is 2. The molecule has 34 rings (SSSR count). The van der Waals surface area contributed by atoms with Crippen LogP contribution in [-0.4, -0.2) is 115 Å². The highest BCUT2D eigenvalue weighted by Crippen LogP contribution is 2.93. The van der Waals surface area contributed by atoms with Gasteiger partial charge in [0.15, 0.2) is 0 Å². The van der Waals surface area contributed by atoms with Gasteiger partial charge in [-0.3, -0.25) is 9.80 Å². The molecule has 0 radical (unpaired) electrons. The van der Waals surface area contributed by atoms with Crippen LogP contribution in [0.15, 0.2) is 0 Å². The van der Waals surface area contributed by atoms with E-state index in [-0.39, 0.29) is 46.5 Å². The molecule has 10 atom stereocenters. The third-order valence-corrected chi connectivity index (χ3v) is 30.6. The Morgan fingerprint density at radius 3 is 1.34 bits per heavy atom. The zero-order valence-corrected chi connectivity index (χ0v) is 47.9. The molecule has 406 valence electrons. The normalized spacial score (nSPS) is 32.0. The van der Waals surface area contributed by atoms with Gasteiger partial charge in [0.05, 0.1) is 69.1 Å². The van der Waals surface area contributed by atoms with Gasteiger partial charge in [0, 0.05) is 93.3 Å². The van der Waals surface area contributed by atoms with Crippen LogP contribution in [0.3, 0.4) is 0 Å². The van der Waals surface area contributed by atoms with Crippen LogP contribution in [0.2, 0.25) is 0 Å². The predicted molar refractivity (Wildman–Crippen MR) is 342 cm³/mol. The molecule has 0 bridgehead atoms. The van der Waals surface area contributed by atoms with Crippen LogP contribution in [-0.2, 0) is 40.6 Å². The maximum atomic E-state index is 6.65. The Kier molecular flexibility index (Phi) is 5.07. The molecular weight excluding hydrogens is 1100 g/mol. The highest BCUT2D eigenvalue weighted by atomic mass is 35.5. The number of benzene rings is 11. The molecule has 2 heterocycles. The van der Waals surface area contributed by atoms with Gasteiger partial charge < -0.3 is 30.4 Å². The van der Waals surface area contributed by atoms with Crippen LogP contribution >= 0.6 is 24.8 Å². The summed E-state index contributed by atoms with van der Waals surface area (Å²) in [7, 11) is 0. The predicted octanol–water partition coefficient (Wildman–Crippen LogP) is 10.7. The topological polar surface area (TPSA) is 95.4 Å². The van der Waals surface area contributed by atoms with E-state index >= 15 is 0 Å². The summed E-state index contributed by atoms with van der Waals surface area (Å²) >= 11 is 0. The summed E-state index contributed by atoms with van der Waals surface area (Å²) in [5.41, 5.74) is 48.0. The summed E-state index contributed by atoms with van der Waals surface area (Å²) in [5.74, 6) is 2.69. The smallest absolute Gasteiger partial charge is 0.0701 e. The van der Waals surface area contributed by atoms with E-state index in [1.807, 2.05) is 111 Å². The van der Waals surface area contributed by atoms with Crippen molar-refractivity contribution < 1.29 is 18.9 Å². The molecule has 4 N–H and O–H groups in total. The van der Waals surface area contributed by atoms with Gasteiger partial charge in [-0.15, -0.1) is 24.8 Å². The van der Waals surface area contributed by atoms with Crippen molar-refractivity contribution in [2.24, 2.45) is 11.5 Å². The van der Waals surface area contributed by atoms with Crippen LogP contribution < -0.4 is 21.9 Å². The Morgan fingerprint density at radius 2 is 0.709 bits per heavy atom. The van der Waals surface area contributed by atoms with Crippen molar-refractivity contribution in [1.29, 1.82) is 0 Å². The third kappa shape index (κ3) is 2.63. The van der Waals surface area contributed by atoms with Crippen LogP contribution in [0.25, 0.3) is 184 Å². The van der Waals surface area contributed by atoms with Crippen molar-refractivity contribution in [3.8, 4) is 22.3 Å². The quantitative estimate of drug-likeness (QED) is 0.0730. The maximum absolute atomic E-state index is 6.65. The van der Waals surface area contributed by atoms with E-state index in [1.54, 1.807) is 162 Å². The molecule has 86 heavy (non-hydrogen) atoms. The van der Waals surface area contributed by atoms with Crippen LogP contribution in [0.1, 0.15) is 113 Å². The molecule has 10 heteroatoms. The fourth-order valence-electron chi connectivity index (χ4n) is 30.7. The minimum atomic E-state index is -0.194. The number of hydrogen-bond donors (Lipinski definition) is 2. The molecule has 16 aromatic carbocycles. The van der Waals surface area contributed by atoms with E-state index in [0.29, 0.717) is 88.2 Å². The average molecular weight is 1150 g/mol. The lowest BCUT2D eigenvalue weighted by Crippen LogP contribution is -2.55. The highest BCUT2D eigenvalue weighted by Gasteiger charge is 2.82. The standard InChI is InChI=1S/C76H42N4O4.2ClH/c77-1-5-81-9-11-83-7-3-79-13-73-65-49-38-27-20-21-25-18-17-22-19-23(18)34-43-32(25)39-28(21)30-29(27)40-37-41(30)52-50(39)66-54(43)56-45(34)36-26(19)35-44-33(22)42(31(38)24(17)20)53(65)55(44)67-57-46(35)47(36)58-62-61(57)71(75(67,73)15-79)63-59(69(73)51(40)49)48(37)60-64(63)72(62)76(68(56)58)16-80(14-74(66,76)70(52)60)4-8-84-12-10-82-6-2-78;;/h19,22,26,33,47,58H,1-16,77-78H2;2*1H. The Labute approximate surface area is 497 Å². The lowest BCUT2D eigenvalue weighted by atomic mass is 9.48. The molecule has 16 aliphatic carbocycles. The summed E-state index contributed by atoms with van der Waals surface area (Å²) in [6.07, 6.45) is 0. The van der Waals surface area contributed by atoms with Crippen LogP contribution in [0, 0.1) is 0 Å². The molecule has 2 fully saturated rings. The molecule has 0 amide bonds. The third-order valence-electron chi connectivity index (χ3n) is 30.6.